The summed E-state index contributed by atoms with van der Waals surface area (Å²) in [7, 11) is -3.28. The Labute approximate surface area is 89.6 Å². The van der Waals surface area contributed by atoms with E-state index in [1.807, 2.05) is 0 Å². The van der Waals surface area contributed by atoms with Crippen molar-refractivity contribution in [2.45, 2.75) is 0 Å². The van der Waals surface area contributed by atoms with Crippen LogP contribution in [0.4, 0.5) is 5.69 Å². The highest BCUT2D eigenvalue weighted by Gasteiger charge is 2.06. The molecule has 0 unspecified atom stereocenters. The van der Waals surface area contributed by atoms with Crippen molar-refractivity contribution in [2.24, 2.45) is 0 Å². The van der Waals surface area contributed by atoms with E-state index in [2.05, 4.69) is 11.3 Å². The van der Waals surface area contributed by atoms with Crippen LogP contribution in [0, 0.1) is 0 Å². The molecule has 0 bridgehead atoms. The van der Waals surface area contributed by atoms with Gasteiger partial charge in [-0.2, -0.15) is 0 Å². The summed E-state index contributed by atoms with van der Waals surface area (Å²) in [5.74, 6) is 0.489. The first-order valence-corrected chi connectivity index (χ1v) is 6.22. The molecule has 0 spiro atoms. The lowest BCUT2D eigenvalue weighted by atomic mass is 10.3. The Morgan fingerprint density at radius 3 is 2.73 bits per heavy atom. The minimum Gasteiger partial charge on any atom is -0.487 e. The maximum Gasteiger partial charge on any atom is 0.229 e. The summed E-state index contributed by atoms with van der Waals surface area (Å²) < 4.78 is 29.7. The van der Waals surface area contributed by atoms with E-state index in [1.165, 1.54) is 0 Å². The number of rotatable bonds is 5. The lowest BCUT2D eigenvalue weighted by molar-refractivity contribution is 0.365. The number of nitrogens with one attached hydrogen (secondary N) is 1. The van der Waals surface area contributed by atoms with Gasteiger partial charge in [0.2, 0.25) is 10.0 Å². The largest absolute Gasteiger partial charge is 0.487 e. The maximum atomic E-state index is 11.0. The molecule has 15 heavy (non-hydrogen) atoms. The van der Waals surface area contributed by atoms with Crippen molar-refractivity contribution in [2.75, 3.05) is 17.6 Å². The molecule has 1 aromatic carbocycles. The number of hydrogen-bond acceptors (Lipinski definition) is 3. The fourth-order valence-electron chi connectivity index (χ4n) is 1.03. The number of ether oxygens (including phenoxy) is 1. The summed E-state index contributed by atoms with van der Waals surface area (Å²) in [6, 6.07) is 6.83. The van der Waals surface area contributed by atoms with E-state index in [9.17, 15) is 8.42 Å². The first-order chi connectivity index (χ1) is 7.03. The Morgan fingerprint density at radius 2 is 2.13 bits per heavy atom. The molecule has 0 aromatic heterocycles. The summed E-state index contributed by atoms with van der Waals surface area (Å²) in [4.78, 5) is 0. The zero-order chi connectivity index (χ0) is 11.3. The number of hydrogen-bond donors (Lipinski definition) is 1. The molecule has 0 saturated heterocycles. The molecule has 0 aliphatic carbocycles. The van der Waals surface area contributed by atoms with Crippen molar-refractivity contribution in [1.82, 2.24) is 0 Å². The number of benzene rings is 1. The zero-order valence-corrected chi connectivity index (χ0v) is 9.25. The van der Waals surface area contributed by atoms with E-state index in [1.54, 1.807) is 30.3 Å². The van der Waals surface area contributed by atoms with Crippen LogP contribution in [-0.4, -0.2) is 21.3 Å². The second-order valence-electron chi connectivity index (χ2n) is 2.97. The van der Waals surface area contributed by atoms with Gasteiger partial charge in [-0.15, -0.1) is 0 Å². The van der Waals surface area contributed by atoms with Gasteiger partial charge in [-0.25, -0.2) is 8.42 Å². The molecule has 1 N–H and O–H groups in total. The van der Waals surface area contributed by atoms with Crippen LogP contribution in [0.25, 0.3) is 0 Å². The van der Waals surface area contributed by atoms with Crippen LogP contribution in [0.1, 0.15) is 0 Å². The molecule has 4 nitrogen and oxygen atoms in total. The summed E-state index contributed by atoms with van der Waals surface area (Å²) in [6.45, 7) is 3.85. The average molecular weight is 227 g/mol. The standard InChI is InChI=1S/C10H13NO3S/c1-3-8-14-10-7-5-4-6-9(10)11-15(2,12)13/h3-7,11H,1,8H2,2H3. The van der Waals surface area contributed by atoms with Crippen molar-refractivity contribution < 1.29 is 13.2 Å². The quantitative estimate of drug-likeness (QED) is 0.778. The third kappa shape index (κ3) is 4.03. The fraction of sp³-hybridized carbons (Fsp3) is 0.200. The first kappa shape index (κ1) is 11.6. The third-order valence-electron chi connectivity index (χ3n) is 1.54. The maximum absolute atomic E-state index is 11.0. The number of anilines is 1. The minimum absolute atomic E-state index is 0.336. The second-order valence-corrected chi connectivity index (χ2v) is 4.72. The average Bonchev–Trinajstić information content (AvgIpc) is 2.14. The zero-order valence-electron chi connectivity index (χ0n) is 8.43. The monoisotopic (exact) mass is 227 g/mol. The van der Waals surface area contributed by atoms with Gasteiger partial charge >= 0.3 is 0 Å². The highest BCUT2D eigenvalue weighted by molar-refractivity contribution is 7.92. The molecule has 0 aliphatic rings. The minimum atomic E-state index is -3.28. The summed E-state index contributed by atoms with van der Waals surface area (Å²) in [5, 5.41) is 0. The van der Waals surface area contributed by atoms with Crippen molar-refractivity contribution in [3.8, 4) is 5.75 Å². The highest BCUT2D eigenvalue weighted by Crippen LogP contribution is 2.24. The third-order valence-corrected chi connectivity index (χ3v) is 2.13. The molecule has 1 rings (SSSR count). The second kappa shape index (κ2) is 4.84. The molecule has 0 amide bonds. The Balaban J connectivity index is 2.91. The van der Waals surface area contributed by atoms with E-state index in [4.69, 9.17) is 4.74 Å². The summed E-state index contributed by atoms with van der Waals surface area (Å²) in [5.41, 5.74) is 0.432. The van der Waals surface area contributed by atoms with E-state index in [-0.39, 0.29) is 0 Å². The van der Waals surface area contributed by atoms with E-state index in [0.717, 1.165) is 6.26 Å². The van der Waals surface area contributed by atoms with Gasteiger partial charge in [-0.1, -0.05) is 24.8 Å². The number of para-hydroxylation sites is 2. The SMILES string of the molecule is C=CCOc1ccccc1NS(C)(=O)=O. The van der Waals surface area contributed by atoms with Gasteiger partial charge in [0.25, 0.3) is 0 Å². The van der Waals surface area contributed by atoms with Crippen molar-refractivity contribution in [1.29, 1.82) is 0 Å². The van der Waals surface area contributed by atoms with E-state index in [0.29, 0.717) is 18.0 Å². The highest BCUT2D eigenvalue weighted by atomic mass is 32.2. The van der Waals surface area contributed by atoms with E-state index < -0.39 is 10.0 Å². The molecule has 5 heteroatoms. The molecule has 0 saturated carbocycles. The fourth-order valence-corrected chi connectivity index (χ4v) is 1.59. The predicted octanol–water partition coefficient (Wildman–Crippen LogP) is 1.62. The lowest BCUT2D eigenvalue weighted by Crippen LogP contribution is -2.10. The lowest BCUT2D eigenvalue weighted by Gasteiger charge is -2.10. The van der Waals surface area contributed by atoms with Crippen LogP contribution in [0.15, 0.2) is 36.9 Å². The van der Waals surface area contributed by atoms with Gasteiger partial charge in [-0.05, 0) is 12.1 Å². The van der Waals surface area contributed by atoms with Crippen molar-refractivity contribution in [3.63, 3.8) is 0 Å². The molecule has 0 heterocycles. The Morgan fingerprint density at radius 1 is 1.47 bits per heavy atom. The normalized spacial score (nSPS) is 10.7. The molecule has 1 aromatic rings. The van der Waals surface area contributed by atoms with Crippen LogP contribution in [-0.2, 0) is 10.0 Å². The van der Waals surface area contributed by atoms with Gasteiger partial charge in [-0.3, -0.25) is 4.72 Å². The summed E-state index contributed by atoms with van der Waals surface area (Å²) in [6.07, 6.45) is 2.69. The smallest absolute Gasteiger partial charge is 0.229 e. The topological polar surface area (TPSA) is 55.4 Å². The summed E-state index contributed by atoms with van der Waals surface area (Å²) >= 11 is 0. The van der Waals surface area contributed by atoms with Gasteiger partial charge in [0.1, 0.15) is 12.4 Å². The number of sulfonamides is 1. The van der Waals surface area contributed by atoms with Gasteiger partial charge < -0.3 is 4.74 Å². The molecule has 0 aliphatic heterocycles. The first-order valence-electron chi connectivity index (χ1n) is 4.33. The van der Waals surface area contributed by atoms with Crippen molar-refractivity contribution >= 4 is 15.7 Å². The molecule has 0 radical (unpaired) electrons. The van der Waals surface area contributed by atoms with Gasteiger partial charge in [0.15, 0.2) is 0 Å². The Hall–Kier alpha value is -1.49. The van der Waals surface area contributed by atoms with Crippen LogP contribution in [0.2, 0.25) is 0 Å². The van der Waals surface area contributed by atoms with Crippen LogP contribution < -0.4 is 9.46 Å². The van der Waals surface area contributed by atoms with Crippen molar-refractivity contribution in [3.05, 3.63) is 36.9 Å². The Bertz CT molecular complexity index is 440. The molecular weight excluding hydrogens is 214 g/mol. The molecular formula is C10H13NO3S. The molecule has 0 fully saturated rings. The predicted molar refractivity (Wildman–Crippen MR) is 60.6 cm³/mol. The van der Waals surface area contributed by atoms with Gasteiger partial charge in [0, 0.05) is 0 Å². The molecule has 0 atom stereocenters. The van der Waals surface area contributed by atoms with Crippen LogP contribution >= 0.6 is 0 Å². The van der Waals surface area contributed by atoms with Gasteiger partial charge in [0.05, 0.1) is 11.9 Å². The van der Waals surface area contributed by atoms with E-state index >= 15 is 0 Å². The Kier molecular flexibility index (Phi) is 3.74. The van der Waals surface area contributed by atoms with Crippen LogP contribution in [0.3, 0.4) is 0 Å². The molecule has 82 valence electrons. The van der Waals surface area contributed by atoms with Crippen LogP contribution in [0.5, 0.6) is 5.75 Å².